The molecular formula is C18H18N2O2. The second-order valence-corrected chi connectivity index (χ2v) is 5.07. The molecule has 0 aromatic heterocycles. The lowest BCUT2D eigenvalue weighted by Gasteiger charge is -2.15. The zero-order valence-corrected chi connectivity index (χ0v) is 12.5. The maximum atomic E-state index is 12.3. The highest BCUT2D eigenvalue weighted by molar-refractivity contribution is 6.13. The summed E-state index contributed by atoms with van der Waals surface area (Å²) in [5.41, 5.74) is 2.70. The van der Waals surface area contributed by atoms with Gasteiger partial charge >= 0.3 is 5.97 Å². The standard InChI is InChI=1S/C18H18N2O2/c1-2-22-18(21)16-13-20(15-11-7-4-8-12-15)19-17(16)14-9-5-3-6-10-14/h3-12,16H,2,13H2,1H3/t16-/m1/s1. The van der Waals surface area contributed by atoms with Gasteiger partial charge in [0, 0.05) is 0 Å². The SMILES string of the molecule is CCOC(=O)[C@@H]1CN(c2ccccc2)N=C1c1ccccc1. The van der Waals surface area contributed by atoms with E-state index in [-0.39, 0.29) is 11.9 Å². The van der Waals surface area contributed by atoms with Crippen LogP contribution in [0.3, 0.4) is 0 Å². The lowest BCUT2D eigenvalue weighted by Crippen LogP contribution is -2.29. The zero-order chi connectivity index (χ0) is 15.4. The summed E-state index contributed by atoms with van der Waals surface area (Å²) in [6, 6.07) is 19.7. The number of nitrogens with zero attached hydrogens (tertiary/aromatic N) is 2. The molecule has 0 radical (unpaired) electrons. The molecule has 112 valence electrons. The van der Waals surface area contributed by atoms with Crippen LogP contribution in [0.15, 0.2) is 65.8 Å². The van der Waals surface area contributed by atoms with E-state index in [2.05, 4.69) is 5.10 Å². The number of ether oxygens (including phenoxy) is 1. The van der Waals surface area contributed by atoms with Gasteiger partial charge in [0.2, 0.25) is 0 Å². The third-order valence-corrected chi connectivity index (χ3v) is 3.61. The molecule has 0 bridgehead atoms. The van der Waals surface area contributed by atoms with Crippen molar-refractivity contribution in [3.05, 3.63) is 66.2 Å². The maximum absolute atomic E-state index is 12.3. The van der Waals surface area contributed by atoms with Crippen LogP contribution >= 0.6 is 0 Å². The van der Waals surface area contributed by atoms with Crippen LogP contribution in [0.25, 0.3) is 0 Å². The van der Waals surface area contributed by atoms with Crippen molar-refractivity contribution in [3.63, 3.8) is 0 Å². The van der Waals surface area contributed by atoms with Crippen LogP contribution in [0.1, 0.15) is 12.5 Å². The Hall–Kier alpha value is -2.62. The molecule has 22 heavy (non-hydrogen) atoms. The number of esters is 1. The van der Waals surface area contributed by atoms with Crippen LogP contribution in [0.4, 0.5) is 5.69 Å². The van der Waals surface area contributed by atoms with Crippen molar-refractivity contribution >= 4 is 17.4 Å². The quantitative estimate of drug-likeness (QED) is 0.814. The fourth-order valence-electron chi connectivity index (χ4n) is 2.56. The molecule has 0 amide bonds. The third-order valence-electron chi connectivity index (χ3n) is 3.61. The molecule has 0 fully saturated rings. The maximum Gasteiger partial charge on any atom is 0.317 e. The molecule has 4 nitrogen and oxygen atoms in total. The van der Waals surface area contributed by atoms with Gasteiger partial charge < -0.3 is 4.74 Å². The number of carbonyl (C=O) groups is 1. The minimum atomic E-state index is -0.359. The molecule has 0 saturated heterocycles. The Balaban J connectivity index is 1.94. The summed E-state index contributed by atoms with van der Waals surface area (Å²) in [6.45, 7) is 2.71. The van der Waals surface area contributed by atoms with Gasteiger partial charge in [-0.05, 0) is 24.6 Å². The van der Waals surface area contributed by atoms with E-state index < -0.39 is 0 Å². The Kier molecular flexibility index (Phi) is 4.19. The van der Waals surface area contributed by atoms with Crippen molar-refractivity contribution in [2.24, 2.45) is 11.0 Å². The van der Waals surface area contributed by atoms with Crippen molar-refractivity contribution in [1.29, 1.82) is 0 Å². The Morgan fingerprint density at radius 1 is 1.14 bits per heavy atom. The first-order valence-electron chi connectivity index (χ1n) is 7.42. The monoisotopic (exact) mass is 294 g/mol. The minimum absolute atomic E-state index is 0.219. The number of hydrogen-bond donors (Lipinski definition) is 0. The highest BCUT2D eigenvalue weighted by Crippen LogP contribution is 2.26. The second-order valence-electron chi connectivity index (χ2n) is 5.07. The van der Waals surface area contributed by atoms with Gasteiger partial charge in [-0.1, -0.05) is 48.5 Å². The van der Waals surface area contributed by atoms with E-state index in [0.29, 0.717) is 13.2 Å². The van der Waals surface area contributed by atoms with Gasteiger partial charge in [0.1, 0.15) is 5.92 Å². The molecule has 3 rings (SSSR count). The van der Waals surface area contributed by atoms with Gasteiger partial charge in [-0.15, -0.1) is 0 Å². The lowest BCUT2D eigenvalue weighted by molar-refractivity contribution is -0.145. The largest absolute Gasteiger partial charge is 0.465 e. The van der Waals surface area contributed by atoms with Crippen molar-refractivity contribution in [3.8, 4) is 0 Å². The molecule has 0 unspecified atom stereocenters. The normalized spacial score (nSPS) is 17.2. The zero-order valence-electron chi connectivity index (χ0n) is 12.5. The van der Waals surface area contributed by atoms with Crippen LogP contribution in [0, 0.1) is 5.92 Å². The van der Waals surface area contributed by atoms with Crippen molar-refractivity contribution in [2.45, 2.75) is 6.92 Å². The smallest absolute Gasteiger partial charge is 0.317 e. The fourth-order valence-corrected chi connectivity index (χ4v) is 2.56. The van der Waals surface area contributed by atoms with Crippen molar-refractivity contribution < 1.29 is 9.53 Å². The summed E-state index contributed by atoms with van der Waals surface area (Å²) >= 11 is 0. The molecule has 2 aromatic carbocycles. The third kappa shape index (κ3) is 2.86. The Morgan fingerprint density at radius 3 is 2.41 bits per heavy atom. The Bertz CT molecular complexity index is 668. The van der Waals surface area contributed by atoms with Gasteiger partial charge in [-0.2, -0.15) is 5.10 Å². The van der Waals surface area contributed by atoms with Gasteiger partial charge in [0.15, 0.2) is 0 Å². The van der Waals surface area contributed by atoms with Crippen LogP contribution in [0.2, 0.25) is 0 Å². The molecular weight excluding hydrogens is 276 g/mol. The molecule has 2 aromatic rings. The summed E-state index contributed by atoms with van der Waals surface area (Å²) in [5.74, 6) is -0.578. The topological polar surface area (TPSA) is 41.9 Å². The predicted molar refractivity (Wildman–Crippen MR) is 86.9 cm³/mol. The first kappa shape index (κ1) is 14.3. The molecule has 0 spiro atoms. The van der Waals surface area contributed by atoms with Gasteiger partial charge in [0.05, 0.1) is 24.6 Å². The van der Waals surface area contributed by atoms with E-state index in [9.17, 15) is 4.79 Å². The van der Waals surface area contributed by atoms with E-state index in [1.807, 2.05) is 72.6 Å². The van der Waals surface area contributed by atoms with Crippen LogP contribution in [0.5, 0.6) is 0 Å². The van der Waals surface area contributed by atoms with Gasteiger partial charge in [-0.25, -0.2) is 0 Å². The van der Waals surface area contributed by atoms with E-state index in [4.69, 9.17) is 4.74 Å². The Morgan fingerprint density at radius 2 is 1.77 bits per heavy atom. The minimum Gasteiger partial charge on any atom is -0.465 e. The summed E-state index contributed by atoms with van der Waals surface area (Å²) in [5, 5.41) is 6.53. The summed E-state index contributed by atoms with van der Waals surface area (Å²) in [4.78, 5) is 12.3. The molecule has 4 heteroatoms. The Labute approximate surface area is 130 Å². The summed E-state index contributed by atoms with van der Waals surface area (Å²) < 4.78 is 5.22. The van der Waals surface area contributed by atoms with E-state index >= 15 is 0 Å². The molecule has 0 aliphatic carbocycles. The number of hydrazone groups is 1. The molecule has 0 saturated carbocycles. The average molecular weight is 294 g/mol. The van der Waals surface area contributed by atoms with Gasteiger partial charge in [-0.3, -0.25) is 9.80 Å². The van der Waals surface area contributed by atoms with E-state index in [1.165, 1.54) is 0 Å². The first-order valence-corrected chi connectivity index (χ1v) is 7.42. The first-order chi connectivity index (χ1) is 10.8. The molecule has 1 heterocycles. The van der Waals surface area contributed by atoms with Crippen LogP contribution in [-0.2, 0) is 9.53 Å². The number of carbonyl (C=O) groups excluding carboxylic acids is 1. The van der Waals surface area contributed by atoms with E-state index in [0.717, 1.165) is 17.0 Å². The molecule has 1 aliphatic heterocycles. The van der Waals surface area contributed by atoms with Crippen molar-refractivity contribution in [2.75, 3.05) is 18.2 Å². The number of hydrogen-bond acceptors (Lipinski definition) is 4. The highest BCUT2D eigenvalue weighted by Gasteiger charge is 2.35. The van der Waals surface area contributed by atoms with Crippen LogP contribution in [-0.4, -0.2) is 24.8 Å². The number of rotatable bonds is 4. The number of benzene rings is 2. The van der Waals surface area contributed by atoms with Gasteiger partial charge in [0.25, 0.3) is 0 Å². The molecule has 1 atom stereocenters. The fraction of sp³-hybridized carbons (Fsp3) is 0.222. The predicted octanol–water partition coefficient (Wildman–Crippen LogP) is 3.09. The number of anilines is 1. The number of para-hydroxylation sites is 1. The van der Waals surface area contributed by atoms with Crippen molar-refractivity contribution in [1.82, 2.24) is 0 Å². The van der Waals surface area contributed by atoms with Crippen LogP contribution < -0.4 is 5.01 Å². The highest BCUT2D eigenvalue weighted by atomic mass is 16.5. The summed E-state index contributed by atoms with van der Waals surface area (Å²) in [6.07, 6.45) is 0. The average Bonchev–Trinajstić information content (AvgIpc) is 3.02. The molecule has 0 N–H and O–H groups in total. The lowest BCUT2D eigenvalue weighted by atomic mass is 9.97. The van der Waals surface area contributed by atoms with E-state index in [1.54, 1.807) is 0 Å². The second kappa shape index (κ2) is 6.43. The summed E-state index contributed by atoms with van der Waals surface area (Å²) in [7, 11) is 0. The molecule has 1 aliphatic rings.